The van der Waals surface area contributed by atoms with Crippen LogP contribution >= 0.6 is 0 Å². The lowest BCUT2D eigenvalue weighted by Crippen LogP contribution is -2.17. The third-order valence-electron chi connectivity index (χ3n) is 1.77. The van der Waals surface area contributed by atoms with E-state index < -0.39 is 6.36 Å². The van der Waals surface area contributed by atoms with E-state index in [4.69, 9.17) is 5.73 Å². The van der Waals surface area contributed by atoms with Gasteiger partial charge in [0.2, 0.25) is 0 Å². The Morgan fingerprint density at radius 1 is 1.27 bits per heavy atom. The zero-order valence-corrected chi connectivity index (χ0v) is 7.97. The average molecular weight is 218 g/mol. The topological polar surface area (TPSA) is 33.0 Å². The van der Waals surface area contributed by atoms with E-state index in [2.05, 4.69) is 4.74 Å². The van der Waals surface area contributed by atoms with Gasteiger partial charge in [-0.2, -0.15) is 0 Å². The largest absolute Gasteiger partial charge is 0.573 e. The quantitative estimate of drug-likeness (QED) is 0.764. The Morgan fingerprint density at radius 3 is 2.60 bits per heavy atom. The zero-order chi connectivity index (χ0) is 11.3. The summed E-state index contributed by atoms with van der Waals surface area (Å²) in [5.41, 5.74) is 7.69. The molecule has 5 heteroatoms. The molecule has 0 aliphatic carbocycles. The average Bonchev–Trinajstić information content (AvgIpc) is 2.12. The smallest absolute Gasteiger partial charge is 0.406 e. The molecule has 15 heavy (non-hydrogen) atoms. The fourth-order valence-electron chi connectivity index (χ4n) is 1.19. The van der Waals surface area contributed by atoms with E-state index in [1.54, 1.807) is 6.07 Å². The molecule has 83 valence electrons. The van der Waals surface area contributed by atoms with Gasteiger partial charge in [0.1, 0.15) is 5.75 Å². The highest BCUT2D eigenvalue weighted by atomic mass is 19.4. The van der Waals surface area contributed by atoms with E-state index in [9.17, 15) is 13.2 Å². The maximum atomic E-state index is 11.9. The monoisotopic (exact) mass is 218 g/mol. The van der Waals surface area contributed by atoms with Crippen LogP contribution in [-0.2, 0) is 6.42 Å². The van der Waals surface area contributed by atoms with E-state index in [0.717, 1.165) is 5.56 Å². The summed E-state index contributed by atoms with van der Waals surface area (Å²) in [4.78, 5) is 0. The summed E-state index contributed by atoms with van der Waals surface area (Å²) < 4.78 is 39.4. The van der Waals surface area contributed by atoms with Gasteiger partial charge in [-0.05, 0) is 30.5 Å². The first-order chi connectivity index (χ1) is 7.01. The molecule has 2 nitrogen and oxygen atoms in total. The lowest BCUT2D eigenvalue weighted by molar-refractivity contribution is -0.274. The number of halogens is 3. The maximum absolute atomic E-state index is 11.9. The van der Waals surface area contributed by atoms with Crippen molar-refractivity contribution in [1.82, 2.24) is 5.73 Å². The summed E-state index contributed by atoms with van der Waals surface area (Å²) in [5.74, 6) is -0.204. The minimum atomic E-state index is -4.64. The molecule has 0 saturated carbocycles. The number of aryl methyl sites for hydroxylation is 1. The number of rotatable bonds is 4. The van der Waals surface area contributed by atoms with Gasteiger partial charge < -0.3 is 4.74 Å². The van der Waals surface area contributed by atoms with Crippen LogP contribution in [0.5, 0.6) is 5.75 Å². The van der Waals surface area contributed by atoms with Crippen molar-refractivity contribution in [2.75, 3.05) is 6.54 Å². The Balaban J connectivity index is 2.66. The van der Waals surface area contributed by atoms with Gasteiger partial charge in [0.25, 0.3) is 0 Å². The van der Waals surface area contributed by atoms with Crippen molar-refractivity contribution >= 4 is 0 Å². The fraction of sp³-hybridized carbons (Fsp3) is 0.400. The number of alkyl halides is 3. The lowest BCUT2D eigenvalue weighted by Gasteiger charge is -2.09. The van der Waals surface area contributed by atoms with Crippen LogP contribution in [0.4, 0.5) is 13.2 Å². The Bertz CT molecular complexity index is 312. The summed E-state index contributed by atoms with van der Waals surface area (Å²) in [6, 6.07) is 5.85. The van der Waals surface area contributed by atoms with Crippen molar-refractivity contribution in [3.8, 4) is 5.75 Å². The van der Waals surface area contributed by atoms with E-state index in [0.29, 0.717) is 12.8 Å². The number of hydrogen-bond acceptors (Lipinski definition) is 1. The second-order valence-corrected chi connectivity index (χ2v) is 3.05. The first-order valence-electron chi connectivity index (χ1n) is 4.50. The molecule has 0 aliphatic heterocycles. The predicted octanol–water partition coefficient (Wildman–Crippen LogP) is 2.80. The Labute approximate surface area is 85.8 Å². The van der Waals surface area contributed by atoms with Gasteiger partial charge in [0.05, 0.1) is 0 Å². The summed E-state index contributed by atoms with van der Waals surface area (Å²) in [6.45, 7) is 0.268. The molecule has 0 unspecified atom stereocenters. The van der Waals surface area contributed by atoms with Gasteiger partial charge in [0, 0.05) is 6.54 Å². The summed E-state index contributed by atoms with van der Waals surface area (Å²) >= 11 is 0. The van der Waals surface area contributed by atoms with Gasteiger partial charge in [-0.25, -0.2) is 0 Å². The van der Waals surface area contributed by atoms with Crippen molar-refractivity contribution in [2.24, 2.45) is 0 Å². The molecule has 0 heterocycles. The number of hydrogen-bond donors (Lipinski definition) is 0. The molecule has 0 bridgehead atoms. The molecular weight excluding hydrogens is 207 g/mol. The predicted molar refractivity (Wildman–Crippen MR) is 49.4 cm³/mol. The lowest BCUT2D eigenvalue weighted by atomic mass is 10.1. The minimum Gasteiger partial charge on any atom is -0.406 e. The molecule has 0 fully saturated rings. The molecule has 0 spiro atoms. The third kappa shape index (κ3) is 4.69. The van der Waals surface area contributed by atoms with Crippen LogP contribution in [0, 0.1) is 0 Å². The summed E-state index contributed by atoms with van der Waals surface area (Å²) in [7, 11) is 0. The Morgan fingerprint density at radius 2 is 2.00 bits per heavy atom. The second-order valence-electron chi connectivity index (χ2n) is 3.05. The number of benzene rings is 1. The molecule has 0 aliphatic rings. The van der Waals surface area contributed by atoms with Gasteiger partial charge >= 0.3 is 6.36 Å². The first kappa shape index (κ1) is 11.8. The van der Waals surface area contributed by atoms with Crippen molar-refractivity contribution in [3.63, 3.8) is 0 Å². The standard InChI is InChI=1S/C10H11F3NO/c11-10(12,13)15-9-5-1-3-8(7-9)4-2-6-14/h1,3,5,7,14H,2,4,6H2. The maximum Gasteiger partial charge on any atom is 0.573 e. The normalized spacial score (nSPS) is 11.5. The van der Waals surface area contributed by atoms with Gasteiger partial charge in [-0.15, -0.1) is 13.2 Å². The van der Waals surface area contributed by atoms with Crippen LogP contribution in [0.25, 0.3) is 0 Å². The van der Waals surface area contributed by atoms with Gasteiger partial charge in [-0.1, -0.05) is 12.1 Å². The van der Waals surface area contributed by atoms with Crippen LogP contribution in [0.2, 0.25) is 0 Å². The summed E-state index contributed by atoms with van der Waals surface area (Å²) in [5, 5.41) is 0. The molecular formula is C10H11F3NO. The highest BCUT2D eigenvalue weighted by molar-refractivity contribution is 5.28. The minimum absolute atomic E-state index is 0.204. The van der Waals surface area contributed by atoms with E-state index in [-0.39, 0.29) is 12.3 Å². The first-order valence-corrected chi connectivity index (χ1v) is 4.50. The molecule has 1 aromatic rings. The van der Waals surface area contributed by atoms with E-state index in [1.807, 2.05) is 0 Å². The summed E-state index contributed by atoms with van der Waals surface area (Å²) in [6.07, 6.45) is -3.41. The SMILES string of the molecule is [NH]CCCc1cccc(OC(F)(F)F)c1. The third-order valence-corrected chi connectivity index (χ3v) is 1.77. The fourth-order valence-corrected chi connectivity index (χ4v) is 1.19. The van der Waals surface area contributed by atoms with Crippen LogP contribution in [-0.4, -0.2) is 12.9 Å². The zero-order valence-electron chi connectivity index (χ0n) is 7.97. The van der Waals surface area contributed by atoms with Crippen LogP contribution in [0.3, 0.4) is 0 Å². The van der Waals surface area contributed by atoms with Crippen molar-refractivity contribution < 1.29 is 17.9 Å². The van der Waals surface area contributed by atoms with E-state index in [1.165, 1.54) is 18.2 Å². The van der Waals surface area contributed by atoms with Crippen molar-refractivity contribution in [2.45, 2.75) is 19.2 Å². The molecule has 1 radical (unpaired) electrons. The molecule has 1 aromatic carbocycles. The molecule has 1 N–H and O–H groups in total. The Kier molecular flexibility index (Phi) is 3.96. The molecule has 1 rings (SSSR count). The number of ether oxygens (including phenoxy) is 1. The van der Waals surface area contributed by atoms with Crippen LogP contribution in [0.1, 0.15) is 12.0 Å². The van der Waals surface area contributed by atoms with Crippen molar-refractivity contribution in [3.05, 3.63) is 29.8 Å². The Hall–Kier alpha value is -1.23. The molecule has 0 saturated heterocycles. The van der Waals surface area contributed by atoms with E-state index >= 15 is 0 Å². The second kappa shape index (κ2) is 5.02. The highest BCUT2D eigenvalue weighted by Gasteiger charge is 2.30. The molecule has 0 aromatic heterocycles. The number of nitrogens with one attached hydrogen (secondary N) is 1. The molecule has 0 amide bonds. The van der Waals surface area contributed by atoms with Gasteiger partial charge in [-0.3, -0.25) is 5.73 Å². The van der Waals surface area contributed by atoms with Gasteiger partial charge in [0.15, 0.2) is 0 Å². The highest BCUT2D eigenvalue weighted by Crippen LogP contribution is 2.23. The van der Waals surface area contributed by atoms with Crippen LogP contribution in [0.15, 0.2) is 24.3 Å². The molecule has 0 atom stereocenters. The van der Waals surface area contributed by atoms with Crippen molar-refractivity contribution in [1.29, 1.82) is 0 Å². The van der Waals surface area contributed by atoms with Crippen LogP contribution < -0.4 is 10.5 Å².